The van der Waals surface area contributed by atoms with Crippen LogP contribution >= 0.6 is 0 Å². The van der Waals surface area contributed by atoms with Crippen molar-refractivity contribution in [2.75, 3.05) is 6.61 Å². The van der Waals surface area contributed by atoms with E-state index < -0.39 is 55.0 Å². The fourth-order valence-corrected chi connectivity index (χ4v) is 1.69. The van der Waals surface area contributed by atoms with Crippen molar-refractivity contribution in [1.82, 2.24) is 0 Å². The van der Waals surface area contributed by atoms with Gasteiger partial charge in [-0.3, -0.25) is 19.2 Å². The summed E-state index contributed by atoms with van der Waals surface area (Å²) >= 11 is 0. The van der Waals surface area contributed by atoms with E-state index in [2.05, 4.69) is 4.74 Å². The molecule has 0 aromatic carbocycles. The van der Waals surface area contributed by atoms with E-state index in [9.17, 15) is 19.2 Å². The maximum absolute atomic E-state index is 11.6. The van der Waals surface area contributed by atoms with Crippen LogP contribution in [0.3, 0.4) is 0 Å². The van der Waals surface area contributed by atoms with Crippen LogP contribution < -0.4 is 0 Å². The number of carbonyl (C=O) groups excluding carboxylic acids is 1. The quantitative estimate of drug-likeness (QED) is 0.508. The van der Waals surface area contributed by atoms with Crippen molar-refractivity contribution >= 4 is 23.9 Å². The Kier molecular flexibility index (Phi) is 7.16. The zero-order chi connectivity index (χ0) is 15.0. The van der Waals surface area contributed by atoms with Crippen LogP contribution in [0, 0.1) is 11.8 Å². The predicted octanol–water partition coefficient (Wildman–Crippen LogP) is 0.206. The highest BCUT2D eigenvalue weighted by atomic mass is 16.5. The van der Waals surface area contributed by atoms with Crippen molar-refractivity contribution in [2.24, 2.45) is 11.8 Å². The van der Waals surface area contributed by atoms with Crippen LogP contribution in [0.4, 0.5) is 0 Å². The third kappa shape index (κ3) is 7.02. The molecule has 0 spiro atoms. The van der Waals surface area contributed by atoms with Crippen molar-refractivity contribution in [3.8, 4) is 0 Å². The van der Waals surface area contributed by atoms with Crippen molar-refractivity contribution in [1.29, 1.82) is 0 Å². The average molecular weight is 276 g/mol. The number of carboxylic acids is 3. The van der Waals surface area contributed by atoms with E-state index in [4.69, 9.17) is 15.3 Å². The number of rotatable bonds is 9. The van der Waals surface area contributed by atoms with Gasteiger partial charge >= 0.3 is 23.9 Å². The second kappa shape index (κ2) is 8.06. The fraction of sp³-hybridized carbons (Fsp3) is 0.636. The Morgan fingerprint density at radius 3 is 1.63 bits per heavy atom. The average Bonchev–Trinajstić information content (AvgIpc) is 2.23. The maximum Gasteiger partial charge on any atom is 0.309 e. The first-order valence-corrected chi connectivity index (χ1v) is 5.59. The first-order chi connectivity index (χ1) is 8.77. The summed E-state index contributed by atoms with van der Waals surface area (Å²) in [6.45, 7) is 1.51. The third-order valence-corrected chi connectivity index (χ3v) is 2.43. The molecular weight excluding hydrogens is 260 g/mol. The molecule has 0 heterocycles. The van der Waals surface area contributed by atoms with Crippen molar-refractivity contribution in [3.63, 3.8) is 0 Å². The monoisotopic (exact) mass is 276 g/mol. The number of hydrogen-bond donors (Lipinski definition) is 3. The number of esters is 1. The Labute approximate surface area is 109 Å². The molecule has 0 aliphatic heterocycles. The second-order valence-electron chi connectivity index (χ2n) is 3.91. The maximum atomic E-state index is 11.6. The molecular formula is C11H16O8. The van der Waals surface area contributed by atoms with Crippen LogP contribution in [0.25, 0.3) is 0 Å². The lowest BCUT2D eigenvalue weighted by atomic mass is 9.84. The van der Waals surface area contributed by atoms with E-state index in [1.54, 1.807) is 0 Å². The molecule has 0 aromatic heterocycles. The van der Waals surface area contributed by atoms with Gasteiger partial charge < -0.3 is 20.1 Å². The van der Waals surface area contributed by atoms with E-state index in [1.165, 1.54) is 6.92 Å². The number of aliphatic carboxylic acids is 3. The molecule has 0 saturated heterocycles. The van der Waals surface area contributed by atoms with E-state index in [-0.39, 0.29) is 6.61 Å². The molecule has 0 saturated carbocycles. The molecule has 3 N–H and O–H groups in total. The van der Waals surface area contributed by atoms with Crippen LogP contribution in [0.15, 0.2) is 0 Å². The van der Waals surface area contributed by atoms with Crippen LogP contribution in [0.5, 0.6) is 0 Å². The molecule has 0 aliphatic rings. The van der Waals surface area contributed by atoms with Gasteiger partial charge in [-0.15, -0.1) is 0 Å². The summed E-state index contributed by atoms with van der Waals surface area (Å²) < 4.78 is 4.66. The van der Waals surface area contributed by atoms with Gasteiger partial charge in [-0.05, 0) is 12.8 Å². The molecule has 108 valence electrons. The number of hydrogen-bond acceptors (Lipinski definition) is 5. The Bertz CT molecular complexity index is 346. The van der Waals surface area contributed by atoms with Gasteiger partial charge in [0.15, 0.2) is 0 Å². The van der Waals surface area contributed by atoms with Crippen LogP contribution in [0.2, 0.25) is 0 Å². The molecule has 0 rings (SSSR count). The van der Waals surface area contributed by atoms with Crippen LogP contribution in [-0.4, -0.2) is 45.8 Å². The minimum atomic E-state index is -1.32. The highest BCUT2D eigenvalue weighted by molar-refractivity contribution is 5.81. The van der Waals surface area contributed by atoms with Gasteiger partial charge in [0.2, 0.25) is 0 Å². The molecule has 0 amide bonds. The predicted molar refractivity (Wildman–Crippen MR) is 60.4 cm³/mol. The zero-order valence-corrected chi connectivity index (χ0v) is 10.4. The summed E-state index contributed by atoms with van der Waals surface area (Å²) in [5, 5.41) is 26.1. The minimum Gasteiger partial charge on any atom is -0.481 e. The van der Waals surface area contributed by atoms with Gasteiger partial charge in [0.1, 0.15) is 0 Å². The fourth-order valence-electron chi connectivity index (χ4n) is 1.69. The summed E-state index contributed by atoms with van der Waals surface area (Å²) in [6.07, 6.45) is -1.88. The lowest BCUT2D eigenvalue weighted by Crippen LogP contribution is -2.31. The van der Waals surface area contributed by atoms with Crippen molar-refractivity contribution in [2.45, 2.75) is 26.2 Å². The molecule has 19 heavy (non-hydrogen) atoms. The van der Waals surface area contributed by atoms with E-state index in [0.717, 1.165) is 0 Å². The van der Waals surface area contributed by atoms with E-state index in [1.807, 2.05) is 0 Å². The van der Waals surface area contributed by atoms with Gasteiger partial charge in [-0.2, -0.15) is 0 Å². The first-order valence-electron chi connectivity index (χ1n) is 5.59. The Morgan fingerprint density at radius 2 is 1.32 bits per heavy atom. The summed E-state index contributed by atoms with van der Waals surface area (Å²) in [5.41, 5.74) is 0. The molecule has 0 aliphatic carbocycles. The third-order valence-electron chi connectivity index (χ3n) is 2.43. The van der Waals surface area contributed by atoms with E-state index >= 15 is 0 Å². The summed E-state index contributed by atoms with van der Waals surface area (Å²) in [4.78, 5) is 43.6. The lowest BCUT2D eigenvalue weighted by Gasteiger charge is -2.21. The normalized spacial score (nSPS) is 11.9. The Morgan fingerprint density at radius 1 is 0.895 bits per heavy atom. The molecule has 0 bridgehead atoms. The Balaban J connectivity index is 5.08. The minimum absolute atomic E-state index is 0.00180. The SMILES string of the molecule is CCOC(=O)C(CC(=O)O)C(CC(=O)O)CC(=O)O. The second-order valence-corrected chi connectivity index (χ2v) is 3.91. The topological polar surface area (TPSA) is 138 Å². The number of ether oxygens (including phenoxy) is 1. The van der Waals surface area contributed by atoms with Gasteiger partial charge in [0.25, 0.3) is 0 Å². The largest absolute Gasteiger partial charge is 0.481 e. The van der Waals surface area contributed by atoms with Crippen LogP contribution in [-0.2, 0) is 23.9 Å². The highest BCUT2D eigenvalue weighted by Gasteiger charge is 2.34. The number of carbonyl (C=O) groups is 4. The van der Waals surface area contributed by atoms with Gasteiger partial charge in [-0.25, -0.2) is 0 Å². The lowest BCUT2D eigenvalue weighted by molar-refractivity contribution is -0.157. The first kappa shape index (κ1) is 16.9. The van der Waals surface area contributed by atoms with Crippen molar-refractivity contribution in [3.05, 3.63) is 0 Å². The smallest absolute Gasteiger partial charge is 0.309 e. The molecule has 0 fully saturated rings. The van der Waals surface area contributed by atoms with E-state index in [0.29, 0.717) is 0 Å². The molecule has 8 nitrogen and oxygen atoms in total. The van der Waals surface area contributed by atoms with Crippen LogP contribution in [0.1, 0.15) is 26.2 Å². The molecule has 1 unspecified atom stereocenters. The molecule has 8 heteroatoms. The molecule has 0 radical (unpaired) electrons. The van der Waals surface area contributed by atoms with Gasteiger partial charge in [0, 0.05) is 12.8 Å². The summed E-state index contributed by atoms with van der Waals surface area (Å²) in [5.74, 6) is -7.22. The Hall–Kier alpha value is -2.12. The highest BCUT2D eigenvalue weighted by Crippen LogP contribution is 2.25. The molecule has 1 atom stereocenters. The summed E-state index contributed by atoms with van der Waals surface area (Å²) in [6, 6.07) is 0. The number of carboxylic acid groups (broad SMARTS) is 3. The molecule has 0 aromatic rings. The van der Waals surface area contributed by atoms with Gasteiger partial charge in [-0.1, -0.05) is 0 Å². The summed E-state index contributed by atoms with van der Waals surface area (Å²) in [7, 11) is 0. The standard InChI is InChI=1S/C11H16O8/c1-2-19-11(18)7(5-10(16)17)6(3-8(12)13)4-9(14)15/h6-7H,2-5H2,1H3,(H,12,13)(H,14,15)(H,16,17). The van der Waals surface area contributed by atoms with Gasteiger partial charge in [0.05, 0.1) is 18.9 Å². The van der Waals surface area contributed by atoms with Crippen molar-refractivity contribution < 1.29 is 39.2 Å². The zero-order valence-electron chi connectivity index (χ0n) is 10.4.